The van der Waals surface area contributed by atoms with Crippen LogP contribution >= 0.6 is 0 Å². The zero-order valence-corrected chi connectivity index (χ0v) is 36.7. The quantitative estimate of drug-likeness (QED) is 0.0306. The molecule has 1 aromatic rings. The monoisotopic (exact) mass is 803 g/mol. The Labute approximate surface area is 344 Å². The number of carbonyl (C=O) groups excluding carboxylic acids is 2. The van der Waals surface area contributed by atoms with Gasteiger partial charge in [0.1, 0.15) is 4.90 Å². The summed E-state index contributed by atoms with van der Waals surface area (Å²) in [7, 11) is -4.78. The summed E-state index contributed by atoms with van der Waals surface area (Å²) in [5.41, 5.74) is -0.726. The van der Waals surface area contributed by atoms with Crippen molar-refractivity contribution in [1.82, 2.24) is 0 Å². The van der Waals surface area contributed by atoms with Gasteiger partial charge in [-0.2, -0.15) is 8.42 Å². The van der Waals surface area contributed by atoms with E-state index in [1.165, 1.54) is 179 Å². The molecule has 0 aliphatic carbocycles. The fourth-order valence-corrected chi connectivity index (χ4v) is 7.74. The first-order valence-corrected chi connectivity index (χ1v) is 24.5. The van der Waals surface area contributed by atoms with Crippen LogP contribution < -0.4 is 0 Å². The minimum Gasteiger partial charge on any atom is -0.462 e. The summed E-state index contributed by atoms with van der Waals surface area (Å²) in [5.74, 6) is -1.80. The van der Waals surface area contributed by atoms with Crippen LogP contribution in [-0.2, 0) is 19.6 Å². The lowest BCUT2D eigenvalue weighted by Gasteiger charge is -2.12. The van der Waals surface area contributed by atoms with Crippen LogP contribution in [0.25, 0.3) is 0 Å². The Morgan fingerprint density at radius 1 is 0.482 bits per heavy atom. The SMILES string of the molecule is CCCCCCCCCCCCCCC/C=C/CCCOC(=O)c1cccc(S(=O)(=O)O)c1C(=O)OCCC/C=C/CCCCCCCCCCCCCCC. The Kier molecular flexibility index (Phi) is 33.9. The maximum Gasteiger partial charge on any atom is 0.340 e. The largest absolute Gasteiger partial charge is 0.462 e. The normalized spacial score (nSPS) is 11.9. The number of hydrogen-bond donors (Lipinski definition) is 1. The van der Waals surface area contributed by atoms with E-state index in [4.69, 9.17) is 9.47 Å². The van der Waals surface area contributed by atoms with Crippen LogP contribution in [0.4, 0.5) is 0 Å². The highest BCUT2D eigenvalue weighted by Crippen LogP contribution is 2.23. The van der Waals surface area contributed by atoms with E-state index >= 15 is 0 Å². The zero-order valence-electron chi connectivity index (χ0n) is 35.9. The summed E-state index contributed by atoms with van der Waals surface area (Å²) in [6.45, 7) is 4.71. The Balaban J connectivity index is 2.24. The second-order valence-electron chi connectivity index (χ2n) is 15.7. The van der Waals surface area contributed by atoms with Gasteiger partial charge >= 0.3 is 11.9 Å². The van der Waals surface area contributed by atoms with Crippen molar-refractivity contribution in [3.63, 3.8) is 0 Å². The molecule has 0 spiro atoms. The minimum atomic E-state index is -4.78. The van der Waals surface area contributed by atoms with Gasteiger partial charge in [0.05, 0.1) is 24.3 Å². The molecule has 0 saturated heterocycles. The zero-order chi connectivity index (χ0) is 40.8. The van der Waals surface area contributed by atoms with E-state index < -0.39 is 32.5 Å². The fourth-order valence-electron chi connectivity index (χ4n) is 7.04. The van der Waals surface area contributed by atoms with Crippen molar-refractivity contribution >= 4 is 22.1 Å². The summed E-state index contributed by atoms with van der Waals surface area (Å²) in [5, 5.41) is 0. The molecule has 0 unspecified atom stereocenters. The lowest BCUT2D eigenvalue weighted by molar-refractivity contribution is 0.0450. The first kappa shape index (κ1) is 51.6. The van der Waals surface area contributed by atoms with Gasteiger partial charge in [0.2, 0.25) is 0 Å². The topological polar surface area (TPSA) is 107 Å². The second kappa shape index (κ2) is 36.9. The number of esters is 2. The molecule has 1 N–H and O–H groups in total. The third kappa shape index (κ3) is 28.9. The van der Waals surface area contributed by atoms with Crippen molar-refractivity contribution in [1.29, 1.82) is 0 Å². The molecule has 0 amide bonds. The molecule has 1 rings (SSSR count). The third-order valence-electron chi connectivity index (χ3n) is 10.5. The number of benzene rings is 1. The van der Waals surface area contributed by atoms with Crippen LogP contribution in [0.1, 0.15) is 240 Å². The molecule has 0 heterocycles. The molecule has 0 atom stereocenters. The Morgan fingerprint density at radius 2 is 0.804 bits per heavy atom. The first-order chi connectivity index (χ1) is 27.3. The van der Waals surface area contributed by atoms with Gasteiger partial charge in [0, 0.05) is 0 Å². The molecule has 0 aliphatic rings. The van der Waals surface area contributed by atoms with Crippen molar-refractivity contribution < 1.29 is 32.0 Å². The molecule has 1 aromatic carbocycles. The number of hydrogen-bond acceptors (Lipinski definition) is 6. The number of unbranched alkanes of at least 4 members (excludes halogenated alkanes) is 28. The van der Waals surface area contributed by atoms with Gasteiger partial charge in [-0.05, 0) is 63.5 Å². The number of ether oxygens (including phenoxy) is 2. The maximum atomic E-state index is 13.0. The number of rotatable bonds is 39. The van der Waals surface area contributed by atoms with Gasteiger partial charge in [0.15, 0.2) is 0 Å². The standard InChI is InChI=1S/C48H82O7S/c1-3-5-7-9-11-13-15-17-19-21-23-25-27-29-31-33-35-37-42-54-47(49)44-40-39-41-45(56(51,52)53)46(44)48(50)55-43-38-36-34-32-30-28-26-24-22-20-18-16-14-12-10-8-6-4-2/h31-34,39-41H,3-30,35-38,42-43H2,1-2H3,(H,51,52,53)/b33-31+,34-32+. The Hall–Kier alpha value is -2.45. The van der Waals surface area contributed by atoms with Gasteiger partial charge in [0.25, 0.3) is 10.1 Å². The van der Waals surface area contributed by atoms with E-state index in [1.807, 2.05) is 0 Å². The predicted octanol–water partition coefficient (Wildman–Crippen LogP) is 14.9. The van der Waals surface area contributed by atoms with Gasteiger partial charge in [-0.25, -0.2) is 9.59 Å². The molecule has 0 bridgehead atoms. The summed E-state index contributed by atoms with van der Waals surface area (Å²) in [6.07, 6.45) is 48.0. The molecule has 0 aliphatic heterocycles. The third-order valence-corrected chi connectivity index (χ3v) is 11.4. The number of allylic oxidation sites excluding steroid dienone is 4. The minimum absolute atomic E-state index is 0.0574. The van der Waals surface area contributed by atoms with Crippen LogP contribution in [0.5, 0.6) is 0 Å². The lowest BCUT2D eigenvalue weighted by Crippen LogP contribution is -2.19. The van der Waals surface area contributed by atoms with Gasteiger partial charge in [-0.3, -0.25) is 4.55 Å². The highest BCUT2D eigenvalue weighted by molar-refractivity contribution is 7.86. The Morgan fingerprint density at radius 3 is 1.16 bits per heavy atom. The van der Waals surface area contributed by atoms with Crippen molar-refractivity contribution in [3.8, 4) is 0 Å². The molecule has 322 valence electrons. The molecular weight excluding hydrogens is 721 g/mol. The lowest BCUT2D eigenvalue weighted by atomic mass is 10.0. The van der Waals surface area contributed by atoms with Crippen LogP contribution in [0.3, 0.4) is 0 Å². The summed E-state index contributed by atoms with van der Waals surface area (Å²) in [4.78, 5) is 25.3. The van der Waals surface area contributed by atoms with E-state index in [2.05, 4.69) is 38.2 Å². The summed E-state index contributed by atoms with van der Waals surface area (Å²) in [6, 6.07) is 3.71. The summed E-state index contributed by atoms with van der Waals surface area (Å²) >= 11 is 0. The van der Waals surface area contributed by atoms with Gasteiger partial charge in [-0.1, -0.05) is 198 Å². The number of carbonyl (C=O) groups is 2. The van der Waals surface area contributed by atoms with Crippen molar-refractivity contribution in [3.05, 3.63) is 53.6 Å². The second-order valence-corrected chi connectivity index (χ2v) is 17.1. The average molecular weight is 803 g/mol. The van der Waals surface area contributed by atoms with Gasteiger partial charge in [-0.15, -0.1) is 0 Å². The first-order valence-electron chi connectivity index (χ1n) is 23.1. The fraction of sp³-hybridized carbons (Fsp3) is 0.750. The van der Waals surface area contributed by atoms with Crippen molar-refractivity contribution in [2.45, 2.75) is 224 Å². The van der Waals surface area contributed by atoms with E-state index in [0.717, 1.165) is 25.3 Å². The van der Waals surface area contributed by atoms with Crippen LogP contribution in [0.15, 0.2) is 47.4 Å². The molecule has 0 radical (unpaired) electrons. The van der Waals surface area contributed by atoms with E-state index in [9.17, 15) is 22.6 Å². The van der Waals surface area contributed by atoms with Crippen LogP contribution in [0.2, 0.25) is 0 Å². The highest BCUT2D eigenvalue weighted by atomic mass is 32.2. The smallest absolute Gasteiger partial charge is 0.340 e. The van der Waals surface area contributed by atoms with E-state index in [0.29, 0.717) is 19.3 Å². The molecule has 8 heteroatoms. The average Bonchev–Trinajstić information content (AvgIpc) is 3.18. The molecular formula is C48H82O7S. The Bertz CT molecular complexity index is 1270. The highest BCUT2D eigenvalue weighted by Gasteiger charge is 2.28. The van der Waals surface area contributed by atoms with E-state index in [-0.39, 0.29) is 18.8 Å². The maximum absolute atomic E-state index is 13.0. The molecule has 0 aromatic heterocycles. The van der Waals surface area contributed by atoms with Crippen molar-refractivity contribution in [2.75, 3.05) is 13.2 Å². The summed E-state index contributed by atoms with van der Waals surface area (Å²) < 4.78 is 44.8. The van der Waals surface area contributed by atoms with Crippen molar-refractivity contribution in [2.24, 2.45) is 0 Å². The molecule has 0 saturated carbocycles. The predicted molar refractivity (Wildman–Crippen MR) is 234 cm³/mol. The molecule has 7 nitrogen and oxygen atoms in total. The van der Waals surface area contributed by atoms with E-state index in [1.54, 1.807) is 0 Å². The van der Waals surface area contributed by atoms with Crippen LogP contribution in [-0.4, -0.2) is 38.1 Å². The molecule has 56 heavy (non-hydrogen) atoms. The molecule has 0 fully saturated rings. The van der Waals surface area contributed by atoms with Gasteiger partial charge < -0.3 is 9.47 Å². The van der Waals surface area contributed by atoms with Crippen LogP contribution in [0, 0.1) is 0 Å².